The van der Waals surface area contributed by atoms with Gasteiger partial charge in [-0.25, -0.2) is 15.0 Å². The van der Waals surface area contributed by atoms with Gasteiger partial charge in [0.1, 0.15) is 0 Å². The van der Waals surface area contributed by atoms with Gasteiger partial charge in [0.25, 0.3) is 0 Å². The molecule has 1 aliphatic rings. The molecule has 1 saturated carbocycles. The molecule has 1 fully saturated rings. The van der Waals surface area contributed by atoms with Crippen molar-refractivity contribution in [3.63, 3.8) is 0 Å². The number of rotatable bonds is 9. The van der Waals surface area contributed by atoms with E-state index in [1.54, 1.807) is 0 Å². The van der Waals surface area contributed by atoms with Crippen molar-refractivity contribution >= 4 is 55.4 Å². The molecule has 0 aliphatic heterocycles. The van der Waals surface area contributed by atoms with Crippen LogP contribution in [0.15, 0.2) is 231 Å². The maximum atomic E-state index is 15.6. The summed E-state index contributed by atoms with van der Waals surface area (Å²) in [6, 6.07) is 80.5. The molecule has 1 aromatic heterocycles. The van der Waals surface area contributed by atoms with Gasteiger partial charge in [-0.1, -0.05) is 238 Å². The van der Waals surface area contributed by atoms with Crippen molar-refractivity contribution in [1.29, 1.82) is 0 Å². The van der Waals surface area contributed by atoms with Crippen molar-refractivity contribution < 1.29 is 4.57 Å². The van der Waals surface area contributed by atoms with E-state index < -0.39 is 7.14 Å². The maximum absolute atomic E-state index is 15.6. The lowest BCUT2D eigenvalue weighted by molar-refractivity contribution is 0.346. The summed E-state index contributed by atoms with van der Waals surface area (Å²) in [6.07, 6.45) is 5.76. The van der Waals surface area contributed by atoms with Crippen LogP contribution in [-0.4, -0.2) is 15.0 Å². The predicted molar refractivity (Wildman–Crippen MR) is 284 cm³/mol. The third-order valence-electron chi connectivity index (χ3n) is 14.3. The lowest BCUT2D eigenvalue weighted by Crippen LogP contribution is -2.30. The van der Waals surface area contributed by atoms with Crippen LogP contribution in [-0.2, 0) is 9.98 Å². The fourth-order valence-electron chi connectivity index (χ4n) is 10.9. The zero-order chi connectivity index (χ0) is 45.5. The van der Waals surface area contributed by atoms with Crippen LogP contribution < -0.4 is 15.9 Å². The number of fused-ring (bicyclic) bond motifs is 3. The van der Waals surface area contributed by atoms with Gasteiger partial charge in [0.15, 0.2) is 24.6 Å². The Morgan fingerprint density at radius 2 is 0.809 bits per heavy atom. The summed E-state index contributed by atoms with van der Waals surface area (Å²) >= 11 is 0. The summed E-state index contributed by atoms with van der Waals surface area (Å²) in [5, 5.41) is 9.18. The zero-order valence-corrected chi connectivity index (χ0v) is 38.6. The molecule has 12 rings (SSSR count). The molecule has 5 heteroatoms. The van der Waals surface area contributed by atoms with Crippen LogP contribution in [0.2, 0.25) is 0 Å². The van der Waals surface area contributed by atoms with Gasteiger partial charge in [-0.15, -0.1) is 0 Å². The van der Waals surface area contributed by atoms with E-state index in [0.29, 0.717) is 17.5 Å². The highest BCUT2D eigenvalue weighted by molar-refractivity contribution is 7.85. The fraction of sp³-hybridized carbons (Fsp3) is 0.0952. The Balaban J connectivity index is 0.925. The van der Waals surface area contributed by atoms with E-state index in [4.69, 9.17) is 15.0 Å². The van der Waals surface area contributed by atoms with Crippen molar-refractivity contribution in [1.82, 2.24) is 15.0 Å². The van der Waals surface area contributed by atoms with Crippen LogP contribution in [0.5, 0.6) is 0 Å². The first-order valence-electron chi connectivity index (χ1n) is 23.7. The zero-order valence-electron chi connectivity index (χ0n) is 37.7. The number of benzene rings is 10. The van der Waals surface area contributed by atoms with Crippen molar-refractivity contribution in [3.05, 3.63) is 242 Å². The highest BCUT2D eigenvalue weighted by Crippen LogP contribution is 2.48. The Bertz CT molecular complexity index is 3570. The van der Waals surface area contributed by atoms with Gasteiger partial charge in [0.05, 0.1) is 0 Å². The summed E-state index contributed by atoms with van der Waals surface area (Å²) in [5.74, 6) is 1.97. The molecular weight excluding hydrogens is 846 g/mol. The van der Waals surface area contributed by atoms with Crippen LogP contribution >= 0.6 is 7.14 Å². The molecule has 0 spiro atoms. The van der Waals surface area contributed by atoms with Crippen LogP contribution in [0.1, 0.15) is 43.2 Å². The van der Waals surface area contributed by atoms with Crippen LogP contribution in [0, 0.1) is 0 Å². The first-order valence-corrected chi connectivity index (χ1v) is 25.5. The molecule has 0 N–H and O–H groups in total. The number of nitrogens with zero attached hydrogens (tertiary/aromatic N) is 3. The lowest BCUT2D eigenvalue weighted by Gasteiger charge is -2.39. The molecule has 11 aromatic rings. The molecule has 0 amide bonds. The minimum atomic E-state index is -3.19. The highest BCUT2D eigenvalue weighted by Gasteiger charge is 2.36. The van der Waals surface area contributed by atoms with Gasteiger partial charge in [-0.2, -0.15) is 0 Å². The lowest BCUT2D eigenvalue weighted by atomic mass is 9.65. The van der Waals surface area contributed by atoms with Gasteiger partial charge in [0.2, 0.25) is 0 Å². The van der Waals surface area contributed by atoms with Crippen LogP contribution in [0.3, 0.4) is 0 Å². The molecule has 1 aliphatic carbocycles. The summed E-state index contributed by atoms with van der Waals surface area (Å²) in [5.41, 5.74) is 7.73. The summed E-state index contributed by atoms with van der Waals surface area (Å²) < 4.78 is 15.6. The molecule has 68 heavy (non-hydrogen) atoms. The maximum Gasteiger partial charge on any atom is 0.171 e. The minimum absolute atomic E-state index is 0.124. The third kappa shape index (κ3) is 7.24. The van der Waals surface area contributed by atoms with Gasteiger partial charge < -0.3 is 4.57 Å². The molecule has 0 bridgehead atoms. The quantitative estimate of drug-likeness (QED) is 0.107. The molecule has 0 saturated heterocycles. The Kier molecular flexibility index (Phi) is 10.7. The summed E-state index contributed by atoms with van der Waals surface area (Å²) in [4.78, 5) is 15.6. The summed E-state index contributed by atoms with van der Waals surface area (Å²) in [7, 11) is -3.19. The normalized spacial score (nSPS) is 13.8. The molecule has 1 heterocycles. The monoisotopic (exact) mass is 893 g/mol. The smallest absolute Gasteiger partial charge is 0.171 e. The van der Waals surface area contributed by atoms with Crippen molar-refractivity contribution in [2.45, 2.75) is 37.5 Å². The molecule has 0 radical (unpaired) electrons. The van der Waals surface area contributed by atoms with Gasteiger partial charge in [-0.05, 0) is 79.5 Å². The Morgan fingerprint density at radius 1 is 0.368 bits per heavy atom. The van der Waals surface area contributed by atoms with E-state index in [0.717, 1.165) is 88.9 Å². The van der Waals surface area contributed by atoms with Gasteiger partial charge >= 0.3 is 0 Å². The highest BCUT2D eigenvalue weighted by atomic mass is 31.2. The number of hydrogen-bond acceptors (Lipinski definition) is 4. The topological polar surface area (TPSA) is 55.7 Å². The van der Waals surface area contributed by atoms with Crippen molar-refractivity contribution in [2.24, 2.45) is 0 Å². The Labute approximate surface area is 397 Å². The van der Waals surface area contributed by atoms with E-state index >= 15 is 4.57 Å². The van der Waals surface area contributed by atoms with Gasteiger partial charge in [0, 0.05) is 38.0 Å². The number of hydrogen-bond donors (Lipinski definition) is 0. The van der Waals surface area contributed by atoms with Crippen molar-refractivity contribution in [2.75, 3.05) is 0 Å². The van der Waals surface area contributed by atoms with E-state index in [1.165, 1.54) is 30.4 Å². The Morgan fingerprint density at radius 3 is 1.37 bits per heavy atom. The molecule has 0 atom stereocenters. The third-order valence-corrected chi connectivity index (χ3v) is 17.4. The first kappa shape index (κ1) is 41.6. The Hall–Kier alpha value is -7.78. The first-order chi connectivity index (χ1) is 33.6. The predicted octanol–water partition coefficient (Wildman–Crippen LogP) is 14.9. The minimum Gasteiger partial charge on any atom is -0.309 e. The van der Waals surface area contributed by atoms with E-state index in [1.807, 2.05) is 78.9 Å². The SMILES string of the molecule is O=P(c1ccccc1)(c1ccccc1)c1ccc(-c2ccc(C3(c4ccc(-c5nc(-c6ccccc6)nc(-c6c7ccccc7cc7ccccc67)n5)cc4)CCCCC3)cc2)c2ccccc12. The van der Waals surface area contributed by atoms with E-state index in [2.05, 4.69) is 152 Å². The molecule has 0 unspecified atom stereocenters. The second kappa shape index (κ2) is 17.5. The molecule has 4 nitrogen and oxygen atoms in total. The summed E-state index contributed by atoms with van der Waals surface area (Å²) in [6.45, 7) is 0. The second-order valence-electron chi connectivity index (χ2n) is 18.1. The van der Waals surface area contributed by atoms with Crippen LogP contribution in [0.25, 0.3) is 77.6 Å². The largest absolute Gasteiger partial charge is 0.309 e. The van der Waals surface area contributed by atoms with Crippen LogP contribution in [0.4, 0.5) is 0 Å². The van der Waals surface area contributed by atoms with Crippen molar-refractivity contribution in [3.8, 4) is 45.3 Å². The average Bonchev–Trinajstić information content (AvgIpc) is 3.42. The standard InChI is InChI=1S/C63H48N3OP/c67-68(51-23-7-2-8-24-51,52-25-9-3-10-26-52)58-40-39-53(56-29-15-16-30-57(56)58)44-31-35-49(36-32-44)63(41-17-4-18-42-63)50-37-33-46(34-38-50)61-64-60(45-19-5-1-6-20-45)65-62(66-61)59-54-27-13-11-21-47(54)43-48-22-12-14-28-55(48)59/h1-3,5-16,19-40,43H,4,17-18,41-42H2. The number of aromatic nitrogens is 3. The van der Waals surface area contributed by atoms with Gasteiger partial charge in [-0.3, -0.25) is 0 Å². The molecule has 10 aromatic carbocycles. The van der Waals surface area contributed by atoms with E-state index in [-0.39, 0.29) is 5.41 Å². The average molecular weight is 894 g/mol. The second-order valence-corrected chi connectivity index (χ2v) is 20.9. The molecule has 326 valence electrons. The van der Waals surface area contributed by atoms with E-state index in [9.17, 15) is 0 Å². The fourth-order valence-corrected chi connectivity index (χ4v) is 13.8. The molecular formula is C63H48N3OP.